The van der Waals surface area contributed by atoms with Gasteiger partial charge in [0, 0.05) is 25.2 Å². The third-order valence-electron chi connectivity index (χ3n) is 7.17. The van der Waals surface area contributed by atoms with Crippen LogP contribution in [0.2, 0.25) is 0 Å². The molecule has 11 heteroatoms. The monoisotopic (exact) mass is 535 g/mol. The van der Waals surface area contributed by atoms with Crippen molar-refractivity contribution in [3.8, 4) is 5.75 Å². The third kappa shape index (κ3) is 5.02. The smallest absolute Gasteiger partial charge is 0.256 e. The molecule has 1 aromatic carbocycles. The summed E-state index contributed by atoms with van der Waals surface area (Å²) < 4.78 is 9.78. The average molecular weight is 536 g/mol. The van der Waals surface area contributed by atoms with E-state index in [0.29, 0.717) is 46.2 Å². The maximum Gasteiger partial charge on any atom is 0.256 e. The minimum Gasteiger partial charge on any atom is -0.495 e. The zero-order valence-electron chi connectivity index (χ0n) is 22.4. The topological polar surface area (TPSA) is 113 Å². The number of carbonyl (C=O) groups is 2. The van der Waals surface area contributed by atoms with E-state index in [1.54, 1.807) is 43.5 Å². The van der Waals surface area contributed by atoms with E-state index < -0.39 is 5.41 Å². The number of aryl methyl sites for hydroxylation is 1. The van der Waals surface area contributed by atoms with Crippen molar-refractivity contribution in [3.63, 3.8) is 0 Å². The fourth-order valence-electron chi connectivity index (χ4n) is 5.19. The molecule has 3 heterocycles. The molecule has 1 saturated carbocycles. The highest BCUT2D eigenvalue weighted by atomic mass is 32.1. The molecule has 1 fully saturated rings. The van der Waals surface area contributed by atoms with Crippen LogP contribution in [-0.4, -0.2) is 52.9 Å². The number of anilines is 5. The van der Waals surface area contributed by atoms with Crippen molar-refractivity contribution in [2.45, 2.75) is 52.5 Å². The minimum atomic E-state index is -0.552. The van der Waals surface area contributed by atoms with Crippen LogP contribution in [0.1, 0.15) is 55.6 Å². The predicted molar refractivity (Wildman–Crippen MR) is 150 cm³/mol. The van der Waals surface area contributed by atoms with Crippen molar-refractivity contribution in [3.05, 3.63) is 41.7 Å². The normalized spacial score (nSPS) is 17.2. The van der Waals surface area contributed by atoms with Gasteiger partial charge < -0.3 is 25.2 Å². The van der Waals surface area contributed by atoms with Crippen LogP contribution in [0.25, 0.3) is 0 Å². The van der Waals surface area contributed by atoms with E-state index in [-0.39, 0.29) is 11.8 Å². The van der Waals surface area contributed by atoms with Gasteiger partial charge in [0.15, 0.2) is 5.82 Å². The van der Waals surface area contributed by atoms with E-state index in [1.165, 1.54) is 24.4 Å². The molecule has 0 unspecified atom stereocenters. The van der Waals surface area contributed by atoms with Crippen molar-refractivity contribution in [1.29, 1.82) is 0 Å². The van der Waals surface area contributed by atoms with Crippen molar-refractivity contribution in [1.82, 2.24) is 14.3 Å². The predicted octanol–water partition coefficient (Wildman–Crippen LogP) is 5.00. The van der Waals surface area contributed by atoms with Crippen molar-refractivity contribution in [2.24, 2.45) is 5.41 Å². The first-order valence-electron chi connectivity index (χ1n) is 12.8. The fraction of sp³-hybridized carbons (Fsp3) is 0.444. The van der Waals surface area contributed by atoms with Gasteiger partial charge >= 0.3 is 0 Å². The van der Waals surface area contributed by atoms with Gasteiger partial charge in [-0.3, -0.25) is 9.59 Å². The summed E-state index contributed by atoms with van der Waals surface area (Å²) in [4.78, 5) is 39.4. The average Bonchev–Trinajstić information content (AvgIpc) is 3.57. The summed E-state index contributed by atoms with van der Waals surface area (Å²) in [5, 5.41) is 6.80. The summed E-state index contributed by atoms with van der Waals surface area (Å²) >= 11 is 1.24. The van der Waals surface area contributed by atoms with Gasteiger partial charge in [-0.1, -0.05) is 12.8 Å². The Kier molecular flexibility index (Phi) is 6.95. The summed E-state index contributed by atoms with van der Waals surface area (Å²) in [7, 11) is 3.34. The minimum absolute atomic E-state index is 0.0487. The number of hydrogen-bond acceptors (Lipinski definition) is 9. The zero-order valence-corrected chi connectivity index (χ0v) is 23.2. The lowest BCUT2D eigenvalue weighted by Crippen LogP contribution is -2.45. The summed E-state index contributed by atoms with van der Waals surface area (Å²) in [6.07, 6.45) is 6.22. The molecule has 0 spiro atoms. The Morgan fingerprint density at radius 1 is 1.21 bits per heavy atom. The Hall–Kier alpha value is -3.73. The van der Waals surface area contributed by atoms with Gasteiger partial charge in [0.2, 0.25) is 11.9 Å². The highest BCUT2D eigenvalue weighted by Gasteiger charge is 2.41. The summed E-state index contributed by atoms with van der Waals surface area (Å²) in [6, 6.07) is 7.33. The van der Waals surface area contributed by atoms with E-state index in [9.17, 15) is 9.59 Å². The molecule has 1 aliphatic heterocycles. The molecule has 2 N–H and O–H groups in total. The van der Waals surface area contributed by atoms with Gasteiger partial charge in [0.05, 0.1) is 30.1 Å². The Balaban J connectivity index is 1.43. The maximum absolute atomic E-state index is 13.2. The number of rotatable bonds is 6. The van der Waals surface area contributed by atoms with Gasteiger partial charge in [0.25, 0.3) is 5.91 Å². The maximum atomic E-state index is 13.2. The molecule has 0 radical (unpaired) electrons. The van der Waals surface area contributed by atoms with Gasteiger partial charge in [-0.05, 0) is 69.4 Å². The molecule has 5 rings (SSSR count). The number of benzene rings is 1. The Morgan fingerprint density at radius 3 is 2.66 bits per heavy atom. The number of amides is 2. The van der Waals surface area contributed by atoms with E-state index in [1.807, 2.05) is 26.8 Å². The van der Waals surface area contributed by atoms with Crippen molar-refractivity contribution >= 4 is 51.5 Å². The van der Waals surface area contributed by atoms with E-state index in [2.05, 4.69) is 24.9 Å². The van der Waals surface area contributed by atoms with Gasteiger partial charge in [-0.2, -0.15) is 9.36 Å². The van der Waals surface area contributed by atoms with Gasteiger partial charge in [-0.15, -0.1) is 0 Å². The molecule has 2 amide bonds. The first-order chi connectivity index (χ1) is 18.2. The quantitative estimate of drug-likeness (QED) is 0.454. The molecular formula is C27H33N7O3S. The second-order valence-electron chi connectivity index (χ2n) is 10.5. The Labute approximate surface area is 226 Å². The van der Waals surface area contributed by atoms with E-state index >= 15 is 0 Å². The molecule has 38 heavy (non-hydrogen) atoms. The molecular weight excluding hydrogens is 502 g/mol. The molecule has 0 atom stereocenters. The summed E-state index contributed by atoms with van der Waals surface area (Å²) in [5.41, 5.74) is 2.09. The van der Waals surface area contributed by atoms with Crippen molar-refractivity contribution < 1.29 is 14.3 Å². The molecule has 3 aromatic rings. The van der Waals surface area contributed by atoms with Gasteiger partial charge in [0.1, 0.15) is 16.4 Å². The number of ether oxygens (including phenoxy) is 1. The number of methoxy groups -OCH3 is 1. The van der Waals surface area contributed by atoms with Crippen LogP contribution in [0.3, 0.4) is 0 Å². The zero-order chi connectivity index (χ0) is 27.0. The van der Waals surface area contributed by atoms with Crippen molar-refractivity contribution in [2.75, 3.05) is 41.1 Å². The van der Waals surface area contributed by atoms with Crippen LogP contribution in [-0.2, 0) is 4.79 Å². The SMILES string of the molecule is COc1cc(C(=O)Nc2cc(C)ns2)ccc1Nc1ncc2c(n1)N(C1CCCC1)CC(C)(C)C(=O)N2C. The largest absolute Gasteiger partial charge is 0.495 e. The van der Waals surface area contributed by atoms with Crippen LogP contribution in [0.4, 0.5) is 28.1 Å². The number of fused-ring (bicyclic) bond motifs is 1. The lowest BCUT2D eigenvalue weighted by Gasteiger charge is -2.34. The second kappa shape index (κ2) is 10.2. The Morgan fingerprint density at radius 2 is 1.97 bits per heavy atom. The number of hydrogen-bond donors (Lipinski definition) is 2. The lowest BCUT2D eigenvalue weighted by atomic mass is 9.91. The summed E-state index contributed by atoms with van der Waals surface area (Å²) in [5.74, 6) is 1.43. The van der Waals surface area contributed by atoms with Crippen LogP contribution in [0.5, 0.6) is 5.75 Å². The fourth-order valence-corrected chi connectivity index (χ4v) is 5.84. The van der Waals surface area contributed by atoms with Crippen LogP contribution in [0, 0.1) is 12.3 Å². The van der Waals surface area contributed by atoms with Crippen LogP contribution >= 0.6 is 11.5 Å². The molecule has 0 saturated heterocycles. The number of nitrogens with zero attached hydrogens (tertiary/aromatic N) is 5. The Bertz CT molecular complexity index is 1370. The first-order valence-corrected chi connectivity index (χ1v) is 13.5. The van der Waals surface area contributed by atoms with Crippen LogP contribution < -0.4 is 25.2 Å². The molecule has 2 aliphatic rings. The van der Waals surface area contributed by atoms with E-state index in [0.717, 1.165) is 24.4 Å². The first kappa shape index (κ1) is 25.9. The van der Waals surface area contributed by atoms with Gasteiger partial charge in [-0.25, -0.2) is 4.98 Å². The molecule has 10 nitrogen and oxygen atoms in total. The highest BCUT2D eigenvalue weighted by molar-refractivity contribution is 7.10. The number of aromatic nitrogens is 3. The molecule has 2 aromatic heterocycles. The standard InChI is InChI=1S/C27H33N7O3S/c1-16-12-22(38-32-16)30-24(35)17-10-11-19(21(13-17)37-5)29-26-28-14-20-23(31-26)34(18-8-6-7-9-18)15-27(2,3)25(36)33(20)4/h10-14,18H,6-9,15H2,1-5H3,(H,30,35)(H,28,29,31). The molecule has 1 aliphatic carbocycles. The summed E-state index contributed by atoms with van der Waals surface area (Å²) in [6.45, 7) is 6.45. The lowest BCUT2D eigenvalue weighted by molar-refractivity contribution is -0.125. The van der Waals surface area contributed by atoms with Crippen LogP contribution in [0.15, 0.2) is 30.5 Å². The molecule has 0 bridgehead atoms. The highest BCUT2D eigenvalue weighted by Crippen LogP contribution is 2.40. The number of nitrogens with one attached hydrogen (secondary N) is 2. The number of carbonyl (C=O) groups excluding carboxylic acids is 2. The second-order valence-corrected chi connectivity index (χ2v) is 11.3. The third-order valence-corrected chi connectivity index (χ3v) is 7.97. The van der Waals surface area contributed by atoms with E-state index in [4.69, 9.17) is 9.72 Å². The molecule has 200 valence electrons.